The van der Waals surface area contributed by atoms with Crippen molar-refractivity contribution in [3.8, 4) is 11.4 Å². The van der Waals surface area contributed by atoms with Crippen molar-refractivity contribution in [2.75, 3.05) is 12.8 Å². The summed E-state index contributed by atoms with van der Waals surface area (Å²) in [6, 6.07) is 6.09. The summed E-state index contributed by atoms with van der Waals surface area (Å²) in [6.45, 7) is 0.341. The number of benzene rings is 1. The number of nitrogens with zero attached hydrogens (tertiary/aromatic N) is 2. The van der Waals surface area contributed by atoms with E-state index in [4.69, 9.17) is 10.5 Å². The Hall–Kier alpha value is -1.28. The molecule has 1 heterocycles. The molecule has 0 amide bonds. The molecule has 0 aliphatic rings. The largest absolute Gasteiger partial charge is 0.383 e. The topological polar surface area (TPSA) is 61.0 Å². The third kappa shape index (κ3) is 2.75. The summed E-state index contributed by atoms with van der Waals surface area (Å²) < 4.78 is 19.0. The van der Waals surface area contributed by atoms with Gasteiger partial charge in [-0.3, -0.25) is 0 Å². The van der Waals surface area contributed by atoms with Crippen molar-refractivity contribution in [1.29, 1.82) is 0 Å². The van der Waals surface area contributed by atoms with Crippen LogP contribution in [-0.2, 0) is 11.3 Å². The van der Waals surface area contributed by atoms with Gasteiger partial charge in [0.25, 0.3) is 0 Å². The first-order chi connectivity index (χ1) is 8.61. The molecule has 0 bridgehead atoms. The van der Waals surface area contributed by atoms with Crippen LogP contribution in [-0.4, -0.2) is 17.1 Å². The molecule has 0 radical (unpaired) electrons. The van der Waals surface area contributed by atoms with Crippen molar-refractivity contribution in [3.63, 3.8) is 0 Å². The summed E-state index contributed by atoms with van der Waals surface area (Å²) in [5, 5.41) is 0. The minimum Gasteiger partial charge on any atom is -0.383 e. The SMILES string of the molecule is COCc1nc(-c2cccc(F)c2)nc(N)c1I. The normalized spacial score (nSPS) is 10.6. The summed E-state index contributed by atoms with van der Waals surface area (Å²) in [6.07, 6.45) is 0. The van der Waals surface area contributed by atoms with Gasteiger partial charge in [-0.1, -0.05) is 12.1 Å². The van der Waals surface area contributed by atoms with E-state index in [0.29, 0.717) is 29.5 Å². The highest BCUT2D eigenvalue weighted by Crippen LogP contribution is 2.23. The summed E-state index contributed by atoms with van der Waals surface area (Å²) in [7, 11) is 1.58. The molecule has 94 valence electrons. The van der Waals surface area contributed by atoms with E-state index < -0.39 is 0 Å². The monoisotopic (exact) mass is 359 g/mol. The number of aromatic nitrogens is 2. The lowest BCUT2D eigenvalue weighted by Crippen LogP contribution is -2.06. The molecule has 1 aromatic carbocycles. The van der Waals surface area contributed by atoms with Crippen molar-refractivity contribution in [1.82, 2.24) is 9.97 Å². The minimum absolute atomic E-state index is 0.332. The minimum atomic E-state index is -0.332. The van der Waals surface area contributed by atoms with Gasteiger partial charge in [0.2, 0.25) is 0 Å². The fraction of sp³-hybridized carbons (Fsp3) is 0.167. The van der Waals surface area contributed by atoms with Crippen LogP contribution in [0.4, 0.5) is 10.2 Å². The molecular weight excluding hydrogens is 348 g/mol. The zero-order valence-electron chi connectivity index (χ0n) is 9.65. The Kier molecular flexibility index (Phi) is 4.07. The first kappa shape index (κ1) is 13.2. The van der Waals surface area contributed by atoms with E-state index in [0.717, 1.165) is 3.57 Å². The molecule has 1 aromatic heterocycles. The second-order valence-corrected chi connectivity index (χ2v) is 4.72. The Morgan fingerprint density at radius 1 is 1.39 bits per heavy atom. The van der Waals surface area contributed by atoms with Crippen molar-refractivity contribution in [2.24, 2.45) is 0 Å². The van der Waals surface area contributed by atoms with Gasteiger partial charge in [0, 0.05) is 12.7 Å². The van der Waals surface area contributed by atoms with E-state index in [9.17, 15) is 4.39 Å². The molecule has 4 nitrogen and oxygen atoms in total. The number of nitrogens with two attached hydrogens (primary N) is 1. The van der Waals surface area contributed by atoms with Crippen molar-refractivity contribution < 1.29 is 9.13 Å². The number of nitrogen functional groups attached to an aromatic ring is 1. The summed E-state index contributed by atoms with van der Waals surface area (Å²) in [4.78, 5) is 8.51. The average Bonchev–Trinajstić information content (AvgIpc) is 2.35. The van der Waals surface area contributed by atoms with Gasteiger partial charge in [0.05, 0.1) is 15.9 Å². The Balaban J connectivity index is 2.51. The lowest BCUT2D eigenvalue weighted by Gasteiger charge is -2.08. The van der Waals surface area contributed by atoms with E-state index in [1.807, 2.05) is 0 Å². The standard InChI is InChI=1S/C12H11FIN3O/c1-18-6-9-10(14)11(15)17-12(16-9)7-3-2-4-8(13)5-7/h2-5H,6H2,1H3,(H2,15,16,17). The predicted octanol–water partition coefficient (Wildman–Crippen LogP) is 2.62. The molecule has 0 aliphatic heterocycles. The second-order valence-electron chi connectivity index (χ2n) is 3.64. The fourth-order valence-corrected chi connectivity index (χ4v) is 1.90. The van der Waals surface area contributed by atoms with Gasteiger partial charge < -0.3 is 10.5 Å². The van der Waals surface area contributed by atoms with Gasteiger partial charge in [-0.25, -0.2) is 14.4 Å². The van der Waals surface area contributed by atoms with Crippen molar-refractivity contribution in [3.05, 3.63) is 39.3 Å². The maximum atomic E-state index is 13.2. The molecule has 18 heavy (non-hydrogen) atoms. The zero-order valence-corrected chi connectivity index (χ0v) is 11.8. The van der Waals surface area contributed by atoms with Gasteiger partial charge in [-0.15, -0.1) is 0 Å². The highest BCUT2D eigenvalue weighted by Gasteiger charge is 2.11. The van der Waals surface area contributed by atoms with Crippen LogP contribution in [0.2, 0.25) is 0 Å². The lowest BCUT2D eigenvalue weighted by molar-refractivity contribution is 0.181. The van der Waals surface area contributed by atoms with Crippen LogP contribution in [0.25, 0.3) is 11.4 Å². The van der Waals surface area contributed by atoms with Crippen LogP contribution in [0, 0.1) is 9.39 Å². The molecule has 0 saturated carbocycles. The molecule has 0 fully saturated rings. The van der Waals surface area contributed by atoms with Crippen LogP contribution in [0.15, 0.2) is 24.3 Å². The molecule has 0 atom stereocenters. The second kappa shape index (κ2) is 5.57. The molecule has 2 aromatic rings. The van der Waals surface area contributed by atoms with E-state index >= 15 is 0 Å². The summed E-state index contributed by atoms with van der Waals surface area (Å²) in [5.41, 5.74) is 7.11. The molecule has 0 saturated heterocycles. The average molecular weight is 359 g/mol. The van der Waals surface area contributed by atoms with Gasteiger partial charge in [0.1, 0.15) is 11.6 Å². The first-order valence-electron chi connectivity index (χ1n) is 5.18. The molecular formula is C12H11FIN3O. The maximum Gasteiger partial charge on any atom is 0.162 e. The zero-order chi connectivity index (χ0) is 13.1. The van der Waals surface area contributed by atoms with Gasteiger partial charge in [-0.05, 0) is 34.7 Å². The van der Waals surface area contributed by atoms with Gasteiger partial charge in [0.15, 0.2) is 5.82 Å². The third-order valence-corrected chi connectivity index (χ3v) is 3.48. The summed E-state index contributed by atoms with van der Waals surface area (Å²) in [5.74, 6) is 0.442. The Morgan fingerprint density at radius 3 is 2.83 bits per heavy atom. The highest BCUT2D eigenvalue weighted by atomic mass is 127. The van der Waals surface area contributed by atoms with Crippen LogP contribution in [0.3, 0.4) is 0 Å². The van der Waals surface area contributed by atoms with E-state index in [2.05, 4.69) is 32.6 Å². The number of hydrogen-bond acceptors (Lipinski definition) is 4. The first-order valence-corrected chi connectivity index (χ1v) is 6.26. The molecule has 2 rings (SSSR count). The van der Waals surface area contributed by atoms with Crippen LogP contribution in [0.1, 0.15) is 5.69 Å². The van der Waals surface area contributed by atoms with Crippen LogP contribution in [0.5, 0.6) is 0 Å². The van der Waals surface area contributed by atoms with Crippen LogP contribution >= 0.6 is 22.6 Å². The third-order valence-electron chi connectivity index (χ3n) is 2.31. The number of halogens is 2. The van der Waals surface area contributed by atoms with Crippen molar-refractivity contribution in [2.45, 2.75) is 6.61 Å². The maximum absolute atomic E-state index is 13.2. The molecule has 0 spiro atoms. The highest BCUT2D eigenvalue weighted by molar-refractivity contribution is 14.1. The fourth-order valence-electron chi connectivity index (χ4n) is 1.50. The van der Waals surface area contributed by atoms with Gasteiger partial charge >= 0.3 is 0 Å². The summed E-state index contributed by atoms with van der Waals surface area (Å²) >= 11 is 2.07. The van der Waals surface area contributed by atoms with E-state index in [1.54, 1.807) is 19.2 Å². The van der Waals surface area contributed by atoms with E-state index in [1.165, 1.54) is 12.1 Å². The number of anilines is 1. The molecule has 6 heteroatoms. The quantitative estimate of drug-likeness (QED) is 0.856. The number of hydrogen-bond donors (Lipinski definition) is 1. The van der Waals surface area contributed by atoms with E-state index in [-0.39, 0.29) is 5.82 Å². The predicted molar refractivity (Wildman–Crippen MR) is 75.3 cm³/mol. The Morgan fingerprint density at radius 2 is 2.17 bits per heavy atom. The molecule has 0 aliphatic carbocycles. The van der Waals surface area contributed by atoms with Gasteiger partial charge in [-0.2, -0.15) is 0 Å². The molecule has 2 N–H and O–H groups in total. The number of ether oxygens (including phenoxy) is 1. The molecule has 0 unspecified atom stereocenters. The Bertz CT molecular complexity index is 577. The lowest BCUT2D eigenvalue weighted by atomic mass is 10.2. The smallest absolute Gasteiger partial charge is 0.162 e. The van der Waals surface area contributed by atoms with Crippen molar-refractivity contribution >= 4 is 28.4 Å². The van der Waals surface area contributed by atoms with Crippen LogP contribution < -0.4 is 5.73 Å². The number of methoxy groups -OCH3 is 1. The Labute approximate surface area is 118 Å². The number of rotatable bonds is 3.